The van der Waals surface area contributed by atoms with Gasteiger partial charge in [0, 0.05) is 35.9 Å². The lowest BCUT2D eigenvalue weighted by molar-refractivity contribution is 0.0996. The quantitative estimate of drug-likeness (QED) is 0.343. The zero-order chi connectivity index (χ0) is 25.7. The number of primary amides is 1. The monoisotopic (exact) mass is 512 g/mol. The Kier molecular flexibility index (Phi) is 5.53. The predicted octanol–water partition coefficient (Wildman–Crippen LogP) is 4.02. The molecular formula is C27H24N6O3S. The first-order valence-electron chi connectivity index (χ1n) is 11.9. The first-order valence-corrected chi connectivity index (χ1v) is 12.8. The number of benzene rings is 2. The van der Waals surface area contributed by atoms with Gasteiger partial charge in [0.2, 0.25) is 5.91 Å². The molecule has 0 atom stereocenters. The van der Waals surface area contributed by atoms with Gasteiger partial charge in [-0.05, 0) is 60.7 Å². The lowest BCUT2D eigenvalue weighted by Crippen LogP contribution is -2.21. The molecule has 1 aliphatic rings. The summed E-state index contributed by atoms with van der Waals surface area (Å²) in [5.41, 5.74) is 10.3. The fraction of sp³-hybridized carbons (Fsp3) is 0.185. The van der Waals surface area contributed by atoms with Crippen molar-refractivity contribution < 1.29 is 9.59 Å². The second kappa shape index (κ2) is 8.90. The van der Waals surface area contributed by atoms with E-state index in [1.54, 1.807) is 31.3 Å². The van der Waals surface area contributed by atoms with E-state index in [1.165, 1.54) is 39.8 Å². The van der Waals surface area contributed by atoms with Crippen molar-refractivity contribution in [3.8, 4) is 16.9 Å². The van der Waals surface area contributed by atoms with E-state index in [-0.39, 0.29) is 11.6 Å². The molecule has 2 aromatic carbocycles. The highest BCUT2D eigenvalue weighted by molar-refractivity contribution is 7.17. The molecule has 0 aliphatic heterocycles. The van der Waals surface area contributed by atoms with Gasteiger partial charge in [-0.15, -0.1) is 11.3 Å². The Morgan fingerprint density at radius 2 is 1.92 bits per heavy atom. The lowest BCUT2D eigenvalue weighted by atomic mass is 10.1. The summed E-state index contributed by atoms with van der Waals surface area (Å²) in [5.74, 6) is -0.192. The summed E-state index contributed by atoms with van der Waals surface area (Å²) < 4.78 is 6.06. The zero-order valence-corrected chi connectivity index (χ0v) is 20.9. The van der Waals surface area contributed by atoms with Crippen LogP contribution in [0.1, 0.15) is 33.6 Å². The maximum Gasteiger partial charge on any atom is 0.350 e. The summed E-state index contributed by atoms with van der Waals surface area (Å²) in [5, 5.41) is 8.82. The second-order valence-electron chi connectivity index (χ2n) is 9.30. The van der Waals surface area contributed by atoms with E-state index in [1.807, 2.05) is 29.6 Å². The van der Waals surface area contributed by atoms with Gasteiger partial charge in [0.1, 0.15) is 6.33 Å². The molecule has 1 aliphatic carbocycles. The maximum absolute atomic E-state index is 13.3. The lowest BCUT2D eigenvalue weighted by Gasteiger charge is -2.12. The van der Waals surface area contributed by atoms with Crippen molar-refractivity contribution in [3.05, 3.63) is 87.9 Å². The largest absolute Gasteiger partial charge is 0.366 e. The number of anilines is 1. The van der Waals surface area contributed by atoms with Crippen LogP contribution in [0.5, 0.6) is 0 Å². The van der Waals surface area contributed by atoms with Crippen LogP contribution in [0.25, 0.3) is 27.2 Å². The van der Waals surface area contributed by atoms with E-state index in [4.69, 9.17) is 5.73 Å². The van der Waals surface area contributed by atoms with Crippen molar-refractivity contribution in [2.45, 2.75) is 19.4 Å². The molecule has 5 aromatic rings. The molecule has 0 bridgehead atoms. The molecule has 6 rings (SSSR count). The molecule has 186 valence electrons. The summed E-state index contributed by atoms with van der Waals surface area (Å²) in [7, 11) is 1.62. The number of carbonyl (C=O) groups is 2. The van der Waals surface area contributed by atoms with Crippen LogP contribution in [0.3, 0.4) is 0 Å². The SMILES string of the molecule is Cn1ncn(-c2ccc(-c3cc4scc(C(=O)Nc5cccc(C(N)=O)c5)c4n3CC3CC3)cc2)c1=O. The van der Waals surface area contributed by atoms with Gasteiger partial charge in [-0.3, -0.25) is 9.59 Å². The van der Waals surface area contributed by atoms with Crippen molar-refractivity contribution in [2.75, 3.05) is 5.32 Å². The van der Waals surface area contributed by atoms with Crippen molar-refractivity contribution in [3.63, 3.8) is 0 Å². The van der Waals surface area contributed by atoms with Crippen LogP contribution in [0.15, 0.2) is 71.1 Å². The summed E-state index contributed by atoms with van der Waals surface area (Å²) in [4.78, 5) is 37.1. The summed E-state index contributed by atoms with van der Waals surface area (Å²) in [6, 6.07) is 16.5. The van der Waals surface area contributed by atoms with E-state index in [2.05, 4.69) is 21.0 Å². The number of nitrogens with one attached hydrogen (secondary N) is 1. The molecule has 0 radical (unpaired) electrons. The summed E-state index contributed by atoms with van der Waals surface area (Å²) in [6.45, 7) is 0.830. The minimum absolute atomic E-state index is 0.206. The Bertz CT molecular complexity index is 1720. The average Bonchev–Trinajstić information content (AvgIpc) is 3.37. The van der Waals surface area contributed by atoms with E-state index in [0.29, 0.717) is 22.7 Å². The number of hydrogen-bond donors (Lipinski definition) is 2. The number of carbonyl (C=O) groups excluding carboxylic acids is 2. The van der Waals surface area contributed by atoms with E-state index in [9.17, 15) is 14.4 Å². The van der Waals surface area contributed by atoms with Gasteiger partial charge in [-0.1, -0.05) is 18.2 Å². The van der Waals surface area contributed by atoms with Crippen LogP contribution in [0.2, 0.25) is 0 Å². The van der Waals surface area contributed by atoms with Gasteiger partial charge in [0.15, 0.2) is 0 Å². The number of nitrogens with two attached hydrogens (primary N) is 1. The molecule has 3 heterocycles. The molecule has 1 saturated carbocycles. The molecule has 1 fully saturated rings. The minimum Gasteiger partial charge on any atom is -0.366 e. The second-order valence-corrected chi connectivity index (χ2v) is 10.2. The smallest absolute Gasteiger partial charge is 0.350 e. The third-order valence-corrected chi connectivity index (χ3v) is 7.59. The van der Waals surface area contributed by atoms with Crippen molar-refractivity contribution >= 4 is 39.1 Å². The van der Waals surface area contributed by atoms with Crippen molar-refractivity contribution in [2.24, 2.45) is 18.7 Å². The van der Waals surface area contributed by atoms with Crippen LogP contribution >= 0.6 is 11.3 Å². The first-order chi connectivity index (χ1) is 17.9. The summed E-state index contributed by atoms with van der Waals surface area (Å²) >= 11 is 1.53. The standard InChI is InChI=1S/C27H24N6O3S/c1-31-27(36)33(15-29-31)20-9-7-17(8-10-20)22-12-23-24(32(22)13-16-5-6-16)21(14-37-23)26(35)30-19-4-2-3-18(11-19)25(28)34/h2-4,7-12,14-16H,5-6,13H2,1H3,(H2,28,34)(H,30,35). The van der Waals surface area contributed by atoms with Crippen LogP contribution in [0.4, 0.5) is 5.69 Å². The highest BCUT2D eigenvalue weighted by atomic mass is 32.1. The molecule has 3 aromatic heterocycles. The Morgan fingerprint density at radius 1 is 1.14 bits per heavy atom. The van der Waals surface area contributed by atoms with Gasteiger partial charge in [0.25, 0.3) is 5.91 Å². The van der Waals surface area contributed by atoms with Crippen molar-refractivity contribution in [1.82, 2.24) is 18.9 Å². The number of nitrogens with zero attached hydrogens (tertiary/aromatic N) is 4. The number of rotatable bonds is 7. The topological polar surface area (TPSA) is 117 Å². The molecule has 0 unspecified atom stereocenters. The third kappa shape index (κ3) is 4.25. The van der Waals surface area contributed by atoms with Gasteiger partial charge < -0.3 is 15.6 Å². The molecule has 9 nitrogen and oxygen atoms in total. The predicted molar refractivity (Wildman–Crippen MR) is 143 cm³/mol. The Hall–Kier alpha value is -4.44. The summed E-state index contributed by atoms with van der Waals surface area (Å²) in [6.07, 6.45) is 3.86. The van der Waals surface area contributed by atoms with Crippen LogP contribution < -0.4 is 16.7 Å². The number of thiophene rings is 1. The van der Waals surface area contributed by atoms with Crippen LogP contribution in [-0.2, 0) is 13.6 Å². The third-order valence-electron chi connectivity index (χ3n) is 6.67. The fourth-order valence-corrected chi connectivity index (χ4v) is 5.50. The molecule has 0 saturated heterocycles. The average molecular weight is 513 g/mol. The molecule has 37 heavy (non-hydrogen) atoms. The molecule has 3 N–H and O–H groups in total. The molecule has 2 amide bonds. The van der Waals surface area contributed by atoms with Gasteiger partial charge >= 0.3 is 5.69 Å². The number of fused-ring (bicyclic) bond motifs is 1. The molecule has 10 heteroatoms. The maximum atomic E-state index is 13.3. The van der Waals surface area contributed by atoms with Crippen LogP contribution in [-0.4, -0.2) is 30.7 Å². The Labute approximate surface area is 215 Å². The Balaban J connectivity index is 1.37. The number of hydrogen-bond acceptors (Lipinski definition) is 5. The van der Waals surface area contributed by atoms with Crippen LogP contribution in [0, 0.1) is 5.92 Å². The molecular weight excluding hydrogens is 488 g/mol. The highest BCUT2D eigenvalue weighted by Gasteiger charge is 2.27. The normalized spacial score (nSPS) is 13.2. The van der Waals surface area contributed by atoms with E-state index >= 15 is 0 Å². The number of aromatic nitrogens is 4. The highest BCUT2D eigenvalue weighted by Crippen LogP contribution is 2.39. The van der Waals surface area contributed by atoms with Gasteiger partial charge in [0.05, 0.1) is 21.5 Å². The Morgan fingerprint density at radius 3 is 2.59 bits per heavy atom. The first kappa shape index (κ1) is 23.0. The van der Waals surface area contributed by atoms with E-state index in [0.717, 1.165) is 33.7 Å². The number of aryl methyl sites for hydroxylation is 1. The minimum atomic E-state index is -0.545. The van der Waals surface area contributed by atoms with Gasteiger partial charge in [-0.25, -0.2) is 14.0 Å². The fourth-order valence-electron chi connectivity index (χ4n) is 4.52. The van der Waals surface area contributed by atoms with Gasteiger partial charge in [-0.2, -0.15) is 5.10 Å². The zero-order valence-electron chi connectivity index (χ0n) is 20.0. The number of amides is 2. The van der Waals surface area contributed by atoms with Crippen molar-refractivity contribution in [1.29, 1.82) is 0 Å². The molecule has 0 spiro atoms. The van der Waals surface area contributed by atoms with E-state index < -0.39 is 5.91 Å².